The van der Waals surface area contributed by atoms with Gasteiger partial charge in [-0.1, -0.05) is 30.3 Å². The van der Waals surface area contributed by atoms with Gasteiger partial charge < -0.3 is 4.90 Å². The summed E-state index contributed by atoms with van der Waals surface area (Å²) in [6, 6.07) is 16.4. The molecular formula is C20H22N2O2S. The highest BCUT2D eigenvalue weighted by Gasteiger charge is 2.30. The molecule has 1 heterocycles. The van der Waals surface area contributed by atoms with Gasteiger partial charge in [0, 0.05) is 18.0 Å². The van der Waals surface area contributed by atoms with E-state index in [0.717, 1.165) is 24.2 Å². The molecule has 3 amide bonds. The van der Waals surface area contributed by atoms with Crippen molar-refractivity contribution in [3.05, 3.63) is 60.2 Å². The van der Waals surface area contributed by atoms with Crippen LogP contribution in [0, 0.1) is 0 Å². The molecule has 2 aromatic carbocycles. The molecule has 0 N–H and O–H groups in total. The van der Waals surface area contributed by atoms with Gasteiger partial charge in [0.1, 0.15) is 0 Å². The summed E-state index contributed by atoms with van der Waals surface area (Å²) in [5.74, 6) is -0.272. The third kappa shape index (κ3) is 3.87. The zero-order valence-electron chi connectivity index (χ0n) is 14.4. The highest BCUT2D eigenvalue weighted by Crippen LogP contribution is 2.26. The summed E-state index contributed by atoms with van der Waals surface area (Å²) in [5, 5.41) is 0. The van der Waals surface area contributed by atoms with Crippen LogP contribution in [0.4, 0.5) is 10.5 Å². The minimum Gasteiger partial charge on any atom is -0.324 e. The van der Waals surface area contributed by atoms with Gasteiger partial charge in [-0.05, 0) is 49.8 Å². The Bertz CT molecular complexity index is 742. The highest BCUT2D eigenvalue weighted by molar-refractivity contribution is 7.98. The Hall–Kier alpha value is -2.27. The fourth-order valence-electron chi connectivity index (χ4n) is 3.06. The summed E-state index contributed by atoms with van der Waals surface area (Å²) in [7, 11) is 0. The van der Waals surface area contributed by atoms with Gasteiger partial charge in [0.2, 0.25) is 0 Å². The summed E-state index contributed by atoms with van der Waals surface area (Å²) in [6.45, 7) is 1.42. The van der Waals surface area contributed by atoms with E-state index in [9.17, 15) is 9.59 Å². The number of para-hydroxylation sites is 1. The van der Waals surface area contributed by atoms with Crippen molar-refractivity contribution in [1.29, 1.82) is 0 Å². The molecule has 0 saturated carbocycles. The van der Waals surface area contributed by atoms with E-state index in [0.29, 0.717) is 24.3 Å². The largest absolute Gasteiger partial charge is 0.331 e. The zero-order valence-corrected chi connectivity index (χ0v) is 15.2. The number of nitrogens with zero attached hydrogens (tertiary/aromatic N) is 2. The number of piperidine rings is 1. The number of benzene rings is 2. The molecule has 0 atom stereocenters. The van der Waals surface area contributed by atoms with Crippen molar-refractivity contribution in [2.45, 2.75) is 24.2 Å². The maximum atomic E-state index is 13.3. The number of thioether (sulfide) groups is 1. The van der Waals surface area contributed by atoms with Crippen molar-refractivity contribution in [1.82, 2.24) is 4.90 Å². The van der Waals surface area contributed by atoms with Crippen LogP contribution in [0.3, 0.4) is 0 Å². The van der Waals surface area contributed by atoms with Gasteiger partial charge in [0.15, 0.2) is 0 Å². The molecule has 0 unspecified atom stereocenters. The van der Waals surface area contributed by atoms with E-state index in [4.69, 9.17) is 0 Å². The van der Waals surface area contributed by atoms with Crippen LogP contribution in [0.5, 0.6) is 0 Å². The van der Waals surface area contributed by atoms with Crippen LogP contribution < -0.4 is 4.90 Å². The van der Waals surface area contributed by atoms with E-state index in [1.54, 1.807) is 23.1 Å². The van der Waals surface area contributed by atoms with Gasteiger partial charge in [-0.3, -0.25) is 4.79 Å². The van der Waals surface area contributed by atoms with Gasteiger partial charge >= 0.3 is 6.03 Å². The average Bonchev–Trinajstić information content (AvgIpc) is 2.69. The Morgan fingerprint density at radius 2 is 1.56 bits per heavy atom. The minimum atomic E-state index is -0.272. The lowest BCUT2D eigenvalue weighted by Crippen LogP contribution is -2.48. The lowest BCUT2D eigenvalue weighted by Gasteiger charge is -2.32. The molecule has 25 heavy (non-hydrogen) atoms. The standard InChI is InChI=1S/C20H22N2O2S/c1-25-18-13-7-6-12-17(18)19(23)22(16-10-4-2-5-11-16)20(24)21-14-8-3-9-15-21/h2,4-7,10-13H,3,8-9,14-15H2,1H3. The molecule has 2 aromatic rings. The molecule has 5 heteroatoms. The fraction of sp³-hybridized carbons (Fsp3) is 0.300. The van der Waals surface area contributed by atoms with Crippen molar-refractivity contribution in [3.63, 3.8) is 0 Å². The second-order valence-corrected chi connectivity index (χ2v) is 6.85. The predicted octanol–water partition coefficient (Wildman–Crippen LogP) is 4.66. The maximum Gasteiger partial charge on any atom is 0.331 e. The van der Waals surface area contributed by atoms with Crippen LogP contribution in [0.1, 0.15) is 29.6 Å². The SMILES string of the molecule is CSc1ccccc1C(=O)N(C(=O)N1CCCCC1)c1ccccc1. The Morgan fingerprint density at radius 3 is 2.24 bits per heavy atom. The monoisotopic (exact) mass is 354 g/mol. The first kappa shape index (κ1) is 17.5. The minimum absolute atomic E-state index is 0.230. The number of rotatable bonds is 3. The summed E-state index contributed by atoms with van der Waals surface area (Å²) >= 11 is 1.51. The number of anilines is 1. The molecule has 1 aliphatic rings. The van der Waals surface area contributed by atoms with Crippen LogP contribution in [0.2, 0.25) is 0 Å². The normalized spacial score (nSPS) is 14.2. The van der Waals surface area contributed by atoms with Crippen molar-refractivity contribution in [2.24, 2.45) is 0 Å². The number of carbonyl (C=O) groups excluding carboxylic acids is 2. The lowest BCUT2D eigenvalue weighted by atomic mass is 10.1. The molecule has 4 nitrogen and oxygen atoms in total. The topological polar surface area (TPSA) is 40.6 Å². The predicted molar refractivity (Wildman–Crippen MR) is 102 cm³/mol. The Kier molecular flexibility index (Phi) is 5.76. The van der Waals surface area contributed by atoms with Gasteiger partial charge in [-0.15, -0.1) is 11.8 Å². The average molecular weight is 354 g/mol. The van der Waals surface area contributed by atoms with Gasteiger partial charge in [-0.25, -0.2) is 9.69 Å². The summed E-state index contributed by atoms with van der Waals surface area (Å²) in [6.07, 6.45) is 5.05. The number of likely N-dealkylation sites (tertiary alicyclic amines) is 1. The zero-order chi connectivity index (χ0) is 17.6. The van der Waals surface area contributed by atoms with E-state index in [-0.39, 0.29) is 11.9 Å². The molecule has 1 saturated heterocycles. The van der Waals surface area contributed by atoms with Crippen LogP contribution in [0.25, 0.3) is 0 Å². The molecule has 1 fully saturated rings. The van der Waals surface area contributed by atoms with Crippen LogP contribution in [0.15, 0.2) is 59.5 Å². The smallest absolute Gasteiger partial charge is 0.324 e. The molecule has 1 aliphatic heterocycles. The molecule has 0 aromatic heterocycles. The Balaban J connectivity index is 1.99. The summed E-state index contributed by atoms with van der Waals surface area (Å²) in [5.41, 5.74) is 1.17. The van der Waals surface area contributed by atoms with Crippen molar-refractivity contribution in [3.8, 4) is 0 Å². The van der Waals surface area contributed by atoms with E-state index < -0.39 is 0 Å². The van der Waals surface area contributed by atoms with Crippen LogP contribution in [-0.4, -0.2) is 36.2 Å². The molecule has 130 valence electrons. The number of carbonyl (C=O) groups is 2. The fourth-order valence-corrected chi connectivity index (χ4v) is 3.65. The Labute approximate surface area is 152 Å². The lowest BCUT2D eigenvalue weighted by molar-refractivity contribution is 0.0981. The summed E-state index contributed by atoms with van der Waals surface area (Å²) < 4.78 is 0. The number of urea groups is 1. The third-order valence-electron chi connectivity index (χ3n) is 4.37. The van der Waals surface area contributed by atoms with Crippen molar-refractivity contribution < 1.29 is 9.59 Å². The third-order valence-corrected chi connectivity index (χ3v) is 5.17. The molecule has 0 spiro atoms. The quantitative estimate of drug-likeness (QED) is 0.753. The second kappa shape index (κ2) is 8.21. The maximum absolute atomic E-state index is 13.3. The van der Waals surface area contributed by atoms with Gasteiger partial charge in [0.05, 0.1) is 11.3 Å². The molecular weight excluding hydrogens is 332 g/mol. The second-order valence-electron chi connectivity index (χ2n) is 6.01. The molecule has 0 aliphatic carbocycles. The van der Waals surface area contributed by atoms with Gasteiger partial charge in [0.25, 0.3) is 5.91 Å². The van der Waals surface area contributed by atoms with E-state index in [2.05, 4.69) is 0 Å². The summed E-state index contributed by atoms with van der Waals surface area (Å²) in [4.78, 5) is 30.4. The first-order valence-electron chi connectivity index (χ1n) is 8.54. The Morgan fingerprint density at radius 1 is 0.920 bits per heavy atom. The number of hydrogen-bond acceptors (Lipinski definition) is 3. The van der Waals surface area contributed by atoms with Crippen molar-refractivity contribution >= 4 is 29.4 Å². The van der Waals surface area contributed by atoms with Crippen molar-refractivity contribution in [2.75, 3.05) is 24.2 Å². The molecule has 0 bridgehead atoms. The first-order chi connectivity index (χ1) is 12.2. The van der Waals surface area contributed by atoms with Crippen LogP contribution >= 0.6 is 11.8 Å². The van der Waals surface area contributed by atoms with Crippen LogP contribution in [-0.2, 0) is 0 Å². The highest BCUT2D eigenvalue weighted by atomic mass is 32.2. The number of imide groups is 1. The molecule has 3 rings (SSSR count). The van der Waals surface area contributed by atoms with E-state index in [1.165, 1.54) is 16.7 Å². The number of hydrogen-bond donors (Lipinski definition) is 0. The first-order valence-corrected chi connectivity index (χ1v) is 9.76. The van der Waals surface area contributed by atoms with E-state index >= 15 is 0 Å². The number of amides is 3. The molecule has 0 radical (unpaired) electrons. The van der Waals surface area contributed by atoms with Gasteiger partial charge in [-0.2, -0.15) is 0 Å². The van der Waals surface area contributed by atoms with E-state index in [1.807, 2.05) is 42.7 Å².